The van der Waals surface area contributed by atoms with E-state index in [2.05, 4.69) is 4.98 Å². The smallest absolute Gasteiger partial charge is 0.265 e. The molecule has 0 unspecified atom stereocenters. The lowest BCUT2D eigenvalue weighted by atomic mass is 10.1. The van der Waals surface area contributed by atoms with Gasteiger partial charge >= 0.3 is 0 Å². The van der Waals surface area contributed by atoms with Gasteiger partial charge < -0.3 is 14.4 Å². The Labute approximate surface area is 172 Å². The zero-order valence-electron chi connectivity index (χ0n) is 15.4. The molecular formula is C21H19ClN2O3S. The van der Waals surface area contributed by atoms with Gasteiger partial charge in [-0.15, -0.1) is 11.3 Å². The molecular weight excluding hydrogens is 396 g/mol. The summed E-state index contributed by atoms with van der Waals surface area (Å²) in [5, 5.41) is 3.73. The second-order valence-corrected chi connectivity index (χ2v) is 7.83. The van der Waals surface area contributed by atoms with Gasteiger partial charge in [0, 0.05) is 29.5 Å². The van der Waals surface area contributed by atoms with E-state index in [1.54, 1.807) is 23.3 Å². The summed E-state index contributed by atoms with van der Waals surface area (Å²) in [4.78, 5) is 19.0. The van der Waals surface area contributed by atoms with Gasteiger partial charge in [-0.2, -0.15) is 0 Å². The van der Waals surface area contributed by atoms with Crippen LogP contribution in [-0.4, -0.2) is 31.2 Å². The molecule has 0 fully saturated rings. The number of nitrogens with zero attached hydrogens (tertiary/aromatic N) is 2. The third kappa shape index (κ3) is 4.04. The van der Waals surface area contributed by atoms with E-state index >= 15 is 0 Å². The van der Waals surface area contributed by atoms with Crippen LogP contribution in [0.1, 0.15) is 10.6 Å². The Morgan fingerprint density at radius 1 is 1.25 bits per heavy atom. The highest BCUT2D eigenvalue weighted by Gasteiger charge is 2.26. The predicted octanol–water partition coefficient (Wildman–Crippen LogP) is 4.58. The monoisotopic (exact) mass is 414 g/mol. The quantitative estimate of drug-likeness (QED) is 0.592. The number of hydrogen-bond acceptors (Lipinski definition) is 5. The van der Waals surface area contributed by atoms with Gasteiger partial charge in [0.1, 0.15) is 5.75 Å². The van der Waals surface area contributed by atoms with Crippen molar-refractivity contribution in [2.45, 2.75) is 13.0 Å². The Balaban J connectivity index is 1.63. The number of carbonyl (C=O) groups excluding carboxylic acids is 1. The normalized spacial score (nSPS) is 13.4. The number of hydrogen-bond donors (Lipinski definition) is 0. The first-order valence-corrected chi connectivity index (χ1v) is 10.1. The number of rotatable bonds is 6. The second-order valence-electron chi connectivity index (χ2n) is 6.45. The number of benzene rings is 2. The Kier molecular flexibility index (Phi) is 5.62. The van der Waals surface area contributed by atoms with Gasteiger partial charge in [-0.1, -0.05) is 23.7 Å². The van der Waals surface area contributed by atoms with E-state index < -0.39 is 0 Å². The molecule has 0 bridgehead atoms. The molecule has 3 aromatic rings. The highest BCUT2D eigenvalue weighted by molar-refractivity contribution is 7.09. The van der Waals surface area contributed by atoms with E-state index in [1.807, 2.05) is 47.8 Å². The lowest BCUT2D eigenvalue weighted by Crippen LogP contribution is -2.38. The summed E-state index contributed by atoms with van der Waals surface area (Å²) >= 11 is 7.58. The summed E-state index contributed by atoms with van der Waals surface area (Å²) in [6.45, 7) is 1.15. The van der Waals surface area contributed by atoms with Crippen LogP contribution >= 0.6 is 22.9 Å². The maximum Gasteiger partial charge on any atom is 0.265 e. The first kappa shape index (κ1) is 18.9. The van der Waals surface area contributed by atoms with Crippen LogP contribution in [0.3, 0.4) is 0 Å². The van der Waals surface area contributed by atoms with Crippen LogP contribution in [0.5, 0.6) is 5.75 Å². The minimum Gasteiger partial charge on any atom is -0.482 e. The van der Waals surface area contributed by atoms with Gasteiger partial charge in [0.2, 0.25) is 0 Å². The topological polar surface area (TPSA) is 51.7 Å². The Morgan fingerprint density at radius 3 is 2.86 bits per heavy atom. The van der Waals surface area contributed by atoms with Crippen LogP contribution in [-0.2, 0) is 22.5 Å². The fraction of sp³-hybridized carbons (Fsp3) is 0.238. The van der Waals surface area contributed by atoms with E-state index in [0.29, 0.717) is 23.9 Å². The second kappa shape index (κ2) is 8.31. The number of amides is 1. The number of carbonyl (C=O) groups is 1. The number of halogens is 1. The standard InChI is InChI=1S/C21H19ClN2O3S/c1-26-9-8-20-23-17(13-28-20)15-4-7-19-18(10-15)24(21(25)12-27-19)11-14-2-5-16(22)6-3-14/h2-7,10,13H,8-9,11-12H2,1H3. The van der Waals surface area contributed by atoms with Crippen molar-refractivity contribution in [3.63, 3.8) is 0 Å². The van der Waals surface area contributed by atoms with Gasteiger partial charge in [0.05, 0.1) is 29.5 Å². The van der Waals surface area contributed by atoms with Gasteiger partial charge in [-0.3, -0.25) is 4.79 Å². The molecule has 7 heteroatoms. The number of methoxy groups -OCH3 is 1. The van der Waals surface area contributed by atoms with Crippen LogP contribution in [0.25, 0.3) is 11.3 Å². The number of fused-ring (bicyclic) bond motifs is 1. The van der Waals surface area contributed by atoms with Gasteiger partial charge in [-0.25, -0.2) is 4.98 Å². The summed E-state index contributed by atoms with van der Waals surface area (Å²) < 4.78 is 10.7. The highest BCUT2D eigenvalue weighted by atomic mass is 35.5. The molecule has 0 aliphatic carbocycles. The fourth-order valence-electron chi connectivity index (χ4n) is 3.05. The lowest BCUT2D eigenvalue weighted by Gasteiger charge is -2.30. The first-order valence-electron chi connectivity index (χ1n) is 8.89. The van der Waals surface area contributed by atoms with Crippen LogP contribution in [0, 0.1) is 0 Å². The summed E-state index contributed by atoms with van der Waals surface area (Å²) in [6, 6.07) is 13.4. The molecule has 4 rings (SSSR count). The van der Waals surface area contributed by atoms with Crippen molar-refractivity contribution in [1.29, 1.82) is 0 Å². The minimum atomic E-state index is -0.0707. The summed E-state index contributed by atoms with van der Waals surface area (Å²) in [7, 11) is 1.68. The molecule has 5 nitrogen and oxygen atoms in total. The van der Waals surface area contributed by atoms with Crippen LogP contribution < -0.4 is 9.64 Å². The molecule has 144 valence electrons. The van der Waals surface area contributed by atoms with E-state index in [9.17, 15) is 4.79 Å². The van der Waals surface area contributed by atoms with Crippen molar-refractivity contribution in [3.8, 4) is 17.0 Å². The molecule has 0 atom stereocenters. The number of anilines is 1. The van der Waals surface area contributed by atoms with Crippen LogP contribution in [0.2, 0.25) is 5.02 Å². The lowest BCUT2D eigenvalue weighted by molar-refractivity contribution is -0.121. The Morgan fingerprint density at radius 2 is 2.07 bits per heavy atom. The molecule has 1 aliphatic heterocycles. The molecule has 0 N–H and O–H groups in total. The van der Waals surface area contributed by atoms with E-state index in [1.165, 1.54) is 0 Å². The summed E-state index contributed by atoms with van der Waals surface area (Å²) in [6.07, 6.45) is 0.788. The molecule has 1 aromatic heterocycles. The number of thiazole rings is 1. The zero-order chi connectivity index (χ0) is 19.5. The highest BCUT2D eigenvalue weighted by Crippen LogP contribution is 2.37. The molecule has 1 aliphatic rings. The minimum absolute atomic E-state index is 0.0395. The molecule has 1 amide bonds. The van der Waals surface area contributed by atoms with E-state index in [4.69, 9.17) is 21.1 Å². The van der Waals surface area contributed by atoms with Crippen molar-refractivity contribution in [1.82, 2.24) is 4.98 Å². The van der Waals surface area contributed by atoms with E-state index in [0.717, 1.165) is 33.9 Å². The maximum absolute atomic E-state index is 12.5. The first-order chi connectivity index (χ1) is 13.6. The molecule has 0 saturated carbocycles. The van der Waals surface area contributed by atoms with Gasteiger partial charge in [-0.05, 0) is 35.9 Å². The maximum atomic E-state index is 12.5. The predicted molar refractivity (Wildman–Crippen MR) is 111 cm³/mol. The zero-order valence-corrected chi connectivity index (χ0v) is 16.9. The summed E-state index contributed by atoms with van der Waals surface area (Å²) in [5.74, 6) is 0.630. The summed E-state index contributed by atoms with van der Waals surface area (Å²) in [5.41, 5.74) is 3.61. The SMILES string of the molecule is COCCc1nc(-c2ccc3c(c2)N(Cc2ccc(Cl)cc2)C(=O)CO3)cs1. The third-order valence-corrected chi connectivity index (χ3v) is 5.68. The van der Waals surface area contributed by atoms with Crippen molar-refractivity contribution in [3.05, 3.63) is 63.4 Å². The Hall–Kier alpha value is -2.41. The molecule has 0 spiro atoms. The van der Waals surface area contributed by atoms with Crippen molar-refractivity contribution < 1.29 is 14.3 Å². The van der Waals surface area contributed by atoms with Crippen molar-refractivity contribution in [2.24, 2.45) is 0 Å². The van der Waals surface area contributed by atoms with Crippen molar-refractivity contribution in [2.75, 3.05) is 25.2 Å². The molecule has 2 heterocycles. The molecule has 0 saturated heterocycles. The van der Waals surface area contributed by atoms with Gasteiger partial charge in [0.25, 0.3) is 5.91 Å². The van der Waals surface area contributed by atoms with Crippen LogP contribution in [0.15, 0.2) is 47.8 Å². The van der Waals surface area contributed by atoms with Gasteiger partial charge in [0.15, 0.2) is 6.61 Å². The molecule has 0 radical (unpaired) electrons. The van der Waals surface area contributed by atoms with Crippen molar-refractivity contribution >= 4 is 34.5 Å². The van der Waals surface area contributed by atoms with Crippen LogP contribution in [0.4, 0.5) is 5.69 Å². The third-order valence-electron chi connectivity index (χ3n) is 4.52. The average Bonchev–Trinajstić information content (AvgIpc) is 3.19. The number of aromatic nitrogens is 1. The largest absolute Gasteiger partial charge is 0.482 e. The molecule has 28 heavy (non-hydrogen) atoms. The molecule has 2 aromatic carbocycles. The van der Waals surface area contributed by atoms with E-state index in [-0.39, 0.29) is 12.5 Å². The number of ether oxygens (including phenoxy) is 2. The average molecular weight is 415 g/mol. The Bertz CT molecular complexity index is 988. The fourth-order valence-corrected chi connectivity index (χ4v) is 3.97.